The lowest BCUT2D eigenvalue weighted by atomic mass is 10.2. The number of hydrogen-bond donors (Lipinski definition) is 0. The number of nitriles is 1. The van der Waals surface area contributed by atoms with E-state index < -0.39 is 15.1 Å². The van der Waals surface area contributed by atoms with Crippen LogP contribution in [0.3, 0.4) is 0 Å². The van der Waals surface area contributed by atoms with Crippen molar-refractivity contribution < 1.29 is 8.42 Å². The number of hydrogen-bond acceptors (Lipinski definition) is 7. The average molecular weight is 422 g/mol. The van der Waals surface area contributed by atoms with Crippen LogP contribution in [0.5, 0.6) is 0 Å². The normalized spacial score (nSPS) is 16.3. The lowest BCUT2D eigenvalue weighted by Gasteiger charge is -2.35. The van der Waals surface area contributed by atoms with Crippen LogP contribution in [-0.2, 0) is 9.84 Å². The molecule has 2 heterocycles. The minimum Gasteiger partial charge on any atom is -0.352 e. The van der Waals surface area contributed by atoms with E-state index in [1.54, 1.807) is 24.3 Å². The molecule has 2 aromatic carbocycles. The third-order valence-electron chi connectivity index (χ3n) is 5.44. The molecule has 154 valence electrons. The molecule has 1 atom stereocenters. The predicted octanol–water partition coefficient (Wildman–Crippen LogP) is 2.81. The number of rotatable bonds is 5. The summed E-state index contributed by atoms with van der Waals surface area (Å²) in [4.78, 5) is 13.9. The highest BCUT2D eigenvalue weighted by atomic mass is 32.2. The van der Waals surface area contributed by atoms with E-state index in [9.17, 15) is 13.7 Å². The minimum absolute atomic E-state index is 0.105. The number of benzene rings is 2. The van der Waals surface area contributed by atoms with E-state index in [1.807, 2.05) is 29.2 Å². The van der Waals surface area contributed by atoms with Gasteiger partial charge >= 0.3 is 0 Å². The Balaban J connectivity index is 1.85. The molecule has 1 aliphatic heterocycles. The van der Waals surface area contributed by atoms with Crippen LogP contribution in [-0.4, -0.2) is 56.0 Å². The van der Waals surface area contributed by atoms with Crippen LogP contribution in [0.15, 0.2) is 59.5 Å². The first kappa shape index (κ1) is 20.3. The van der Waals surface area contributed by atoms with E-state index in [1.165, 1.54) is 12.1 Å². The number of aromatic nitrogens is 2. The van der Waals surface area contributed by atoms with Crippen molar-refractivity contribution >= 4 is 26.7 Å². The summed E-state index contributed by atoms with van der Waals surface area (Å²) in [6.07, 6.45) is 0. The van der Waals surface area contributed by atoms with Crippen molar-refractivity contribution in [3.63, 3.8) is 0 Å². The van der Waals surface area contributed by atoms with Crippen molar-refractivity contribution in [2.45, 2.75) is 17.1 Å². The second kappa shape index (κ2) is 8.38. The van der Waals surface area contributed by atoms with Gasteiger partial charge in [-0.25, -0.2) is 18.4 Å². The number of likely N-dealkylation sites (N-methyl/N-ethyl adjacent to an activating group) is 1. The standard InChI is InChI=1S/C22H23N5O2S/c1-2-26-12-14-27(15-13-26)22-21(24-18-10-6-7-11-19(18)25-22)20(16-23)30(28,29)17-8-4-3-5-9-17/h3-11,20H,2,12-15H2,1H3/t20-/m0/s1. The summed E-state index contributed by atoms with van der Waals surface area (Å²) in [5, 5.41) is 8.49. The molecule has 1 aliphatic rings. The largest absolute Gasteiger partial charge is 0.352 e. The van der Waals surface area contributed by atoms with Crippen LogP contribution in [0.25, 0.3) is 11.0 Å². The molecule has 1 fully saturated rings. The number of para-hydroxylation sites is 2. The number of anilines is 1. The Morgan fingerprint density at radius 2 is 1.57 bits per heavy atom. The molecule has 0 saturated carbocycles. The molecule has 8 heteroatoms. The minimum atomic E-state index is -3.95. The van der Waals surface area contributed by atoms with E-state index in [0.717, 1.165) is 19.6 Å². The van der Waals surface area contributed by atoms with Crippen LogP contribution in [0, 0.1) is 11.3 Å². The Morgan fingerprint density at radius 3 is 2.17 bits per heavy atom. The zero-order valence-corrected chi connectivity index (χ0v) is 17.6. The van der Waals surface area contributed by atoms with Gasteiger partial charge in [0.2, 0.25) is 9.84 Å². The molecule has 0 aliphatic carbocycles. The van der Waals surface area contributed by atoms with Gasteiger partial charge in [-0.1, -0.05) is 37.3 Å². The molecule has 1 aromatic heterocycles. The third kappa shape index (κ3) is 3.74. The number of fused-ring (bicyclic) bond motifs is 1. The van der Waals surface area contributed by atoms with E-state index >= 15 is 0 Å². The summed E-state index contributed by atoms with van der Waals surface area (Å²) in [6, 6.07) is 17.4. The summed E-state index contributed by atoms with van der Waals surface area (Å²) in [5.74, 6) is 0.482. The molecule has 0 spiro atoms. The highest BCUT2D eigenvalue weighted by Crippen LogP contribution is 2.34. The van der Waals surface area contributed by atoms with Crippen molar-refractivity contribution in [1.29, 1.82) is 5.26 Å². The zero-order valence-electron chi connectivity index (χ0n) is 16.8. The first-order valence-corrected chi connectivity index (χ1v) is 11.5. The smallest absolute Gasteiger partial charge is 0.200 e. The van der Waals surface area contributed by atoms with E-state index in [-0.39, 0.29) is 10.6 Å². The quantitative estimate of drug-likeness (QED) is 0.626. The van der Waals surface area contributed by atoms with Crippen LogP contribution in [0.1, 0.15) is 17.9 Å². The van der Waals surface area contributed by atoms with Crippen LogP contribution in [0.4, 0.5) is 5.82 Å². The maximum atomic E-state index is 13.3. The SMILES string of the molecule is CCN1CCN(c2nc3ccccc3nc2[C@H](C#N)S(=O)(=O)c2ccccc2)CC1. The van der Waals surface area contributed by atoms with Gasteiger partial charge in [-0.05, 0) is 30.8 Å². The van der Waals surface area contributed by atoms with Crippen molar-refractivity contribution in [2.24, 2.45) is 0 Å². The summed E-state index contributed by atoms with van der Waals surface area (Å²) in [7, 11) is -3.95. The second-order valence-electron chi connectivity index (χ2n) is 7.21. The summed E-state index contributed by atoms with van der Waals surface area (Å²) in [5.41, 5.74) is 1.46. The molecule has 7 nitrogen and oxygen atoms in total. The molecule has 4 rings (SSSR count). The lowest BCUT2D eigenvalue weighted by Crippen LogP contribution is -2.47. The van der Waals surface area contributed by atoms with Gasteiger partial charge in [-0.15, -0.1) is 0 Å². The van der Waals surface area contributed by atoms with Crippen LogP contribution in [0.2, 0.25) is 0 Å². The third-order valence-corrected chi connectivity index (χ3v) is 7.32. The summed E-state index contributed by atoms with van der Waals surface area (Å²) < 4.78 is 26.6. The molecular weight excluding hydrogens is 398 g/mol. The Hall–Kier alpha value is -3.02. The van der Waals surface area contributed by atoms with Crippen LogP contribution >= 0.6 is 0 Å². The topological polar surface area (TPSA) is 90.2 Å². The fourth-order valence-corrected chi connectivity index (χ4v) is 5.11. The molecular formula is C22H23N5O2S. The number of piperazine rings is 1. The van der Waals surface area contributed by atoms with E-state index in [2.05, 4.69) is 16.8 Å². The van der Waals surface area contributed by atoms with Gasteiger partial charge in [0.25, 0.3) is 0 Å². The first-order valence-electron chi connectivity index (χ1n) is 9.97. The second-order valence-corrected chi connectivity index (χ2v) is 9.24. The Bertz CT molecular complexity index is 1180. The maximum Gasteiger partial charge on any atom is 0.200 e. The zero-order chi connectivity index (χ0) is 21.1. The molecule has 0 radical (unpaired) electrons. The maximum absolute atomic E-state index is 13.3. The summed E-state index contributed by atoms with van der Waals surface area (Å²) >= 11 is 0. The molecule has 0 N–H and O–H groups in total. The summed E-state index contributed by atoms with van der Waals surface area (Å²) in [6.45, 7) is 6.21. The molecule has 0 bridgehead atoms. The average Bonchev–Trinajstić information content (AvgIpc) is 2.79. The highest BCUT2D eigenvalue weighted by Gasteiger charge is 2.35. The van der Waals surface area contributed by atoms with Gasteiger partial charge in [-0.3, -0.25) is 0 Å². The Kier molecular flexibility index (Phi) is 5.66. The fraction of sp³-hybridized carbons (Fsp3) is 0.318. The lowest BCUT2D eigenvalue weighted by molar-refractivity contribution is 0.270. The first-order chi connectivity index (χ1) is 14.5. The molecule has 0 unspecified atom stereocenters. The van der Waals surface area contributed by atoms with Crippen molar-refractivity contribution in [3.05, 3.63) is 60.3 Å². The molecule has 30 heavy (non-hydrogen) atoms. The van der Waals surface area contributed by atoms with Gasteiger partial charge in [-0.2, -0.15) is 5.26 Å². The van der Waals surface area contributed by atoms with Crippen LogP contribution < -0.4 is 4.90 Å². The van der Waals surface area contributed by atoms with Gasteiger partial charge in [0.1, 0.15) is 5.69 Å². The van der Waals surface area contributed by atoms with Crippen molar-refractivity contribution in [1.82, 2.24) is 14.9 Å². The van der Waals surface area contributed by atoms with Gasteiger partial charge in [0.05, 0.1) is 22.0 Å². The van der Waals surface area contributed by atoms with Crippen molar-refractivity contribution in [2.75, 3.05) is 37.6 Å². The van der Waals surface area contributed by atoms with E-state index in [4.69, 9.17) is 4.98 Å². The fourth-order valence-electron chi connectivity index (χ4n) is 3.71. The Morgan fingerprint density at radius 1 is 0.967 bits per heavy atom. The molecule has 1 saturated heterocycles. The Labute approximate surface area is 176 Å². The number of sulfone groups is 1. The molecule has 3 aromatic rings. The van der Waals surface area contributed by atoms with Gasteiger partial charge < -0.3 is 9.80 Å². The monoisotopic (exact) mass is 421 g/mol. The number of nitrogens with zero attached hydrogens (tertiary/aromatic N) is 5. The van der Waals surface area contributed by atoms with Crippen molar-refractivity contribution in [3.8, 4) is 6.07 Å². The highest BCUT2D eigenvalue weighted by molar-refractivity contribution is 7.92. The van der Waals surface area contributed by atoms with Gasteiger partial charge in [0.15, 0.2) is 11.1 Å². The molecule has 0 amide bonds. The predicted molar refractivity (Wildman–Crippen MR) is 116 cm³/mol. The van der Waals surface area contributed by atoms with Gasteiger partial charge in [0, 0.05) is 26.2 Å². The van der Waals surface area contributed by atoms with E-state index in [0.29, 0.717) is 29.9 Å².